The van der Waals surface area contributed by atoms with E-state index in [0.717, 1.165) is 50.0 Å². The summed E-state index contributed by atoms with van der Waals surface area (Å²) in [6.45, 7) is 8.87. The topological polar surface area (TPSA) is 35.2 Å². The number of aromatic nitrogens is 3. The van der Waals surface area contributed by atoms with Crippen molar-refractivity contribution in [1.29, 1.82) is 0 Å². The molecule has 5 nitrogen and oxygen atoms in total. The third kappa shape index (κ3) is 5.72. The van der Waals surface area contributed by atoms with Gasteiger partial charge in [0.2, 0.25) is 0 Å². The van der Waals surface area contributed by atoms with Gasteiger partial charge in [-0.25, -0.2) is 4.98 Å². The Balaban J connectivity index is 0.00000408. The Bertz CT molecular complexity index is 3320. The number of nitrogens with zero attached hydrogens (tertiary/aromatic N) is 4. The van der Waals surface area contributed by atoms with E-state index >= 15 is 0 Å². The number of hydrogen-bond acceptors (Lipinski definition) is 3. The molecule has 0 aliphatic carbocycles. The summed E-state index contributed by atoms with van der Waals surface area (Å²) in [5, 5.41) is 9.41. The molecular weight excluding hydrogens is 892 g/mol. The van der Waals surface area contributed by atoms with Crippen LogP contribution in [0.3, 0.4) is 0 Å². The van der Waals surface area contributed by atoms with Crippen LogP contribution in [0.25, 0.3) is 71.0 Å². The number of pyridine rings is 1. The van der Waals surface area contributed by atoms with Crippen molar-refractivity contribution >= 4 is 76.5 Å². The molecule has 0 spiro atoms. The predicted molar refractivity (Wildman–Crippen MR) is 235 cm³/mol. The Morgan fingerprint density at radius 2 is 1.14 bits per heavy atom. The van der Waals surface area contributed by atoms with Gasteiger partial charge >= 0.3 is 0 Å². The first kappa shape index (κ1) is 35.8. The summed E-state index contributed by atoms with van der Waals surface area (Å²) < 4.78 is 11.2. The zero-order chi connectivity index (χ0) is 38.3. The van der Waals surface area contributed by atoms with Crippen LogP contribution in [0.2, 0.25) is 0 Å². The van der Waals surface area contributed by atoms with Gasteiger partial charge in [-0.3, -0.25) is 0 Å². The zero-order valence-corrected chi connectivity index (χ0v) is 34.5. The average Bonchev–Trinajstić information content (AvgIpc) is 3.80. The van der Waals surface area contributed by atoms with Gasteiger partial charge in [-0.1, -0.05) is 141 Å². The molecule has 284 valence electrons. The van der Waals surface area contributed by atoms with E-state index in [4.69, 9.17) is 9.72 Å². The van der Waals surface area contributed by atoms with Gasteiger partial charge in [0.15, 0.2) is 0 Å². The van der Waals surface area contributed by atoms with Crippen LogP contribution >= 0.6 is 0 Å². The molecule has 0 bridgehead atoms. The fraction of sp³-hybridized carbons (Fsp3) is 0.0769. The molecule has 11 rings (SSSR count). The molecule has 0 atom stereocenters. The van der Waals surface area contributed by atoms with E-state index in [1.54, 1.807) is 0 Å². The molecule has 0 amide bonds. The third-order valence-electron chi connectivity index (χ3n) is 11.3. The normalized spacial score (nSPS) is 12.4. The monoisotopic (exact) mass is 928 g/mol. The van der Waals surface area contributed by atoms with Crippen LogP contribution in [-0.2, 0) is 26.5 Å². The van der Waals surface area contributed by atoms with E-state index in [-0.39, 0.29) is 26.5 Å². The first-order valence-corrected chi connectivity index (χ1v) is 19.4. The summed E-state index contributed by atoms with van der Waals surface area (Å²) in [5.41, 5.74) is 7.37. The quantitative estimate of drug-likeness (QED) is 0.165. The summed E-state index contributed by atoms with van der Waals surface area (Å²) in [6.07, 6.45) is 1.90. The Hall–Kier alpha value is -6.55. The Labute approximate surface area is 351 Å². The maximum absolute atomic E-state index is 6.63. The van der Waals surface area contributed by atoms with E-state index < -0.39 is 0 Å². The van der Waals surface area contributed by atoms with Crippen molar-refractivity contribution in [2.24, 2.45) is 0 Å². The van der Waals surface area contributed by atoms with Gasteiger partial charge in [-0.15, -0.1) is 35.7 Å². The Morgan fingerprint density at radius 1 is 0.552 bits per heavy atom. The fourth-order valence-electron chi connectivity index (χ4n) is 8.56. The summed E-state index contributed by atoms with van der Waals surface area (Å²) in [4.78, 5) is 7.06. The standard InChI is InChI=1S/C52H37N4O.Pt/c1-52(2,3)34-28-29-53-50(30-34)56-47-24-11-9-21-43(47)44-27-26-37(32-49(44)56)57-36-15-12-14-35(31-36)54-33-55-46-23-10-8-20-42(46)40-18-6-4-16-38(40)39-17-5-7-19-41(39)45-22-13-25-48(54)51(45)55;/h4-30,33H,1-3H3;/q-3;. The van der Waals surface area contributed by atoms with Crippen LogP contribution < -0.4 is 9.64 Å². The number of fused-ring (bicyclic) bond motifs is 10. The molecule has 0 saturated heterocycles. The molecular formula is C52H37N4OPt-3. The minimum Gasteiger partial charge on any atom is -0.509 e. The smallest absolute Gasteiger partial charge is 0.135 e. The number of ether oxygens (including phenoxy) is 1. The largest absolute Gasteiger partial charge is 0.509 e. The molecule has 0 fully saturated rings. The zero-order valence-electron chi connectivity index (χ0n) is 32.2. The van der Waals surface area contributed by atoms with E-state index in [1.165, 1.54) is 37.9 Å². The Morgan fingerprint density at radius 3 is 1.86 bits per heavy atom. The number of para-hydroxylation sites is 3. The third-order valence-corrected chi connectivity index (χ3v) is 11.3. The summed E-state index contributed by atoms with van der Waals surface area (Å²) in [5.74, 6) is 2.06. The van der Waals surface area contributed by atoms with E-state index in [9.17, 15) is 0 Å². The SMILES string of the molecule is CC(C)(C)c1ccnc(-n2c3[c-]c(Oc4[c-]c(N5[CH-]n6c7ccccc7c7ccccc7c7ccccc7c7cccc5c76)ccc4)ccc3c3ccccc32)c1.[Pt]. The van der Waals surface area contributed by atoms with Crippen molar-refractivity contribution in [2.75, 3.05) is 4.90 Å². The Kier molecular flexibility index (Phi) is 8.54. The van der Waals surface area contributed by atoms with Crippen LogP contribution in [0.1, 0.15) is 26.3 Å². The van der Waals surface area contributed by atoms with Gasteiger partial charge in [0.25, 0.3) is 0 Å². The first-order chi connectivity index (χ1) is 27.9. The van der Waals surface area contributed by atoms with Crippen LogP contribution in [-0.4, -0.2) is 14.1 Å². The molecule has 10 aromatic rings. The second kappa shape index (κ2) is 13.8. The minimum atomic E-state index is -0.0179. The average molecular weight is 929 g/mol. The van der Waals surface area contributed by atoms with Gasteiger partial charge in [-0.2, -0.15) is 12.1 Å². The summed E-state index contributed by atoms with van der Waals surface area (Å²) >= 11 is 0. The van der Waals surface area contributed by atoms with Crippen LogP contribution in [0.15, 0.2) is 164 Å². The van der Waals surface area contributed by atoms with Crippen molar-refractivity contribution in [3.63, 3.8) is 0 Å². The maximum atomic E-state index is 6.63. The molecule has 0 radical (unpaired) electrons. The summed E-state index contributed by atoms with van der Waals surface area (Å²) in [6, 6.07) is 62.9. The van der Waals surface area contributed by atoms with Crippen LogP contribution in [0.4, 0.5) is 11.4 Å². The molecule has 3 aromatic heterocycles. The van der Waals surface area contributed by atoms with Crippen LogP contribution in [0, 0.1) is 18.8 Å². The van der Waals surface area contributed by atoms with Crippen molar-refractivity contribution < 1.29 is 25.8 Å². The van der Waals surface area contributed by atoms with Crippen molar-refractivity contribution in [3.05, 3.63) is 188 Å². The molecule has 0 saturated carbocycles. The minimum absolute atomic E-state index is 0. The van der Waals surface area contributed by atoms with Crippen molar-refractivity contribution in [3.8, 4) is 17.3 Å². The molecule has 1 aliphatic rings. The maximum Gasteiger partial charge on any atom is 0.135 e. The second-order valence-corrected chi connectivity index (χ2v) is 15.7. The van der Waals surface area contributed by atoms with E-state index in [2.05, 4.69) is 193 Å². The number of rotatable bonds is 4. The fourth-order valence-corrected chi connectivity index (χ4v) is 8.56. The molecule has 7 aromatic carbocycles. The number of benzene rings is 7. The number of anilines is 2. The van der Waals surface area contributed by atoms with Crippen molar-refractivity contribution in [1.82, 2.24) is 14.1 Å². The molecule has 0 unspecified atom stereocenters. The first-order valence-electron chi connectivity index (χ1n) is 19.4. The predicted octanol–water partition coefficient (Wildman–Crippen LogP) is 13.5. The van der Waals surface area contributed by atoms with Gasteiger partial charge in [0.1, 0.15) is 5.82 Å². The molecule has 6 heteroatoms. The van der Waals surface area contributed by atoms with Crippen LogP contribution in [0.5, 0.6) is 11.5 Å². The number of hydrogen-bond donors (Lipinski definition) is 0. The van der Waals surface area contributed by atoms with Gasteiger partial charge < -0.3 is 18.8 Å². The molecule has 58 heavy (non-hydrogen) atoms. The van der Waals surface area contributed by atoms with Gasteiger partial charge in [0, 0.05) is 50.0 Å². The molecule has 1 aliphatic heterocycles. The second-order valence-electron chi connectivity index (χ2n) is 15.7. The van der Waals surface area contributed by atoms with E-state index in [1.807, 2.05) is 24.4 Å². The van der Waals surface area contributed by atoms with Crippen molar-refractivity contribution in [2.45, 2.75) is 26.2 Å². The van der Waals surface area contributed by atoms with E-state index in [0.29, 0.717) is 11.5 Å². The summed E-state index contributed by atoms with van der Waals surface area (Å²) in [7, 11) is 0. The van der Waals surface area contributed by atoms with Gasteiger partial charge in [-0.05, 0) is 85.1 Å². The van der Waals surface area contributed by atoms with Gasteiger partial charge in [0.05, 0.1) is 0 Å². The molecule has 0 N–H and O–H groups in total. The molecule has 4 heterocycles.